The molecule has 2 aromatic rings. The number of methoxy groups -OCH3 is 1. The third kappa shape index (κ3) is 3.39. The maximum absolute atomic E-state index is 14.0. The summed E-state index contributed by atoms with van der Waals surface area (Å²) >= 11 is 5.76. The Kier molecular flexibility index (Phi) is 4.56. The SMILES string of the molecule is COc1cc(F)c(/C(C#N)=C\c2ccc(Cl)cc2)c(F)c1. The van der Waals surface area contributed by atoms with Crippen LogP contribution in [0.1, 0.15) is 11.1 Å². The smallest absolute Gasteiger partial charge is 0.138 e. The number of nitriles is 1. The second-order valence-corrected chi connectivity index (χ2v) is 4.62. The molecule has 0 aliphatic rings. The van der Waals surface area contributed by atoms with Gasteiger partial charge in [-0.05, 0) is 23.8 Å². The lowest BCUT2D eigenvalue weighted by atomic mass is 10.0. The highest BCUT2D eigenvalue weighted by atomic mass is 35.5. The monoisotopic (exact) mass is 305 g/mol. The molecule has 5 heteroatoms. The Labute approximate surface area is 125 Å². The second kappa shape index (κ2) is 6.38. The minimum absolute atomic E-state index is 0.0533. The summed E-state index contributed by atoms with van der Waals surface area (Å²) in [6, 6.07) is 10.4. The first-order chi connectivity index (χ1) is 10.0. The lowest BCUT2D eigenvalue weighted by Gasteiger charge is -2.07. The quantitative estimate of drug-likeness (QED) is 0.609. The molecule has 0 N–H and O–H groups in total. The molecular formula is C16H10ClF2NO. The van der Waals surface area contributed by atoms with Gasteiger partial charge in [-0.1, -0.05) is 23.7 Å². The van der Waals surface area contributed by atoms with Crippen molar-refractivity contribution in [2.24, 2.45) is 0 Å². The van der Waals surface area contributed by atoms with Crippen LogP contribution in [-0.2, 0) is 0 Å². The number of rotatable bonds is 3. The fraction of sp³-hybridized carbons (Fsp3) is 0.0625. The second-order valence-electron chi connectivity index (χ2n) is 4.19. The maximum atomic E-state index is 14.0. The molecule has 0 aliphatic heterocycles. The molecule has 106 valence electrons. The largest absolute Gasteiger partial charge is 0.497 e. The number of nitrogens with zero attached hydrogens (tertiary/aromatic N) is 1. The zero-order valence-corrected chi connectivity index (χ0v) is 11.8. The fourth-order valence-corrected chi connectivity index (χ4v) is 1.94. The van der Waals surface area contributed by atoms with Crippen LogP contribution in [0.25, 0.3) is 11.6 Å². The zero-order valence-electron chi connectivity index (χ0n) is 11.0. The van der Waals surface area contributed by atoms with E-state index in [1.54, 1.807) is 24.3 Å². The van der Waals surface area contributed by atoms with Gasteiger partial charge in [0.2, 0.25) is 0 Å². The standard InChI is InChI=1S/C16H10ClF2NO/c1-21-13-7-14(18)16(15(19)8-13)11(9-20)6-10-2-4-12(17)5-3-10/h2-8H,1H3/b11-6-. The first-order valence-corrected chi connectivity index (χ1v) is 6.33. The molecule has 0 heterocycles. The molecule has 0 saturated heterocycles. The van der Waals surface area contributed by atoms with Gasteiger partial charge in [-0.2, -0.15) is 5.26 Å². The fourth-order valence-electron chi connectivity index (χ4n) is 1.81. The Bertz CT molecular complexity index is 710. The van der Waals surface area contributed by atoms with Crippen molar-refractivity contribution in [1.29, 1.82) is 5.26 Å². The van der Waals surface area contributed by atoms with Crippen LogP contribution < -0.4 is 4.74 Å². The van der Waals surface area contributed by atoms with Crippen molar-refractivity contribution in [3.8, 4) is 11.8 Å². The summed E-state index contributed by atoms with van der Waals surface area (Å²) in [6.07, 6.45) is 1.39. The highest BCUT2D eigenvalue weighted by Gasteiger charge is 2.16. The Balaban J connectivity index is 2.52. The van der Waals surface area contributed by atoms with Crippen LogP contribution in [0.15, 0.2) is 36.4 Å². The average molecular weight is 306 g/mol. The molecule has 0 saturated carbocycles. The first kappa shape index (κ1) is 15.0. The highest BCUT2D eigenvalue weighted by Crippen LogP contribution is 2.27. The predicted octanol–water partition coefficient (Wildman–Crippen LogP) is 4.69. The van der Waals surface area contributed by atoms with E-state index in [1.165, 1.54) is 13.2 Å². The summed E-state index contributed by atoms with van der Waals surface area (Å²) in [7, 11) is 1.31. The van der Waals surface area contributed by atoms with Gasteiger partial charge >= 0.3 is 0 Å². The molecular weight excluding hydrogens is 296 g/mol. The topological polar surface area (TPSA) is 33.0 Å². The van der Waals surface area contributed by atoms with Crippen molar-refractivity contribution < 1.29 is 13.5 Å². The first-order valence-electron chi connectivity index (χ1n) is 5.96. The summed E-state index contributed by atoms with van der Waals surface area (Å²) in [5, 5.41) is 9.70. The van der Waals surface area contributed by atoms with Crippen molar-refractivity contribution in [2.75, 3.05) is 7.11 Å². The minimum atomic E-state index is -0.853. The van der Waals surface area contributed by atoms with E-state index in [-0.39, 0.29) is 16.9 Å². The Morgan fingerprint density at radius 2 is 1.76 bits per heavy atom. The third-order valence-electron chi connectivity index (χ3n) is 2.82. The van der Waals surface area contributed by atoms with E-state index in [4.69, 9.17) is 21.6 Å². The van der Waals surface area contributed by atoms with Gasteiger partial charge in [0, 0.05) is 17.2 Å². The van der Waals surface area contributed by atoms with Crippen LogP contribution in [0.3, 0.4) is 0 Å². The summed E-state index contributed by atoms with van der Waals surface area (Å²) in [5.41, 5.74) is 0.119. The number of halogens is 3. The zero-order chi connectivity index (χ0) is 15.4. The van der Waals surface area contributed by atoms with Gasteiger partial charge in [0.15, 0.2) is 0 Å². The van der Waals surface area contributed by atoms with Gasteiger partial charge in [0.05, 0.1) is 24.3 Å². The summed E-state index contributed by atoms with van der Waals surface area (Å²) < 4.78 is 32.7. The molecule has 0 atom stereocenters. The molecule has 0 bridgehead atoms. The molecule has 0 unspecified atom stereocenters. The van der Waals surface area contributed by atoms with E-state index in [0.717, 1.165) is 12.1 Å². The Morgan fingerprint density at radius 1 is 1.19 bits per heavy atom. The van der Waals surface area contributed by atoms with Crippen LogP contribution in [0.2, 0.25) is 5.02 Å². The van der Waals surface area contributed by atoms with E-state index in [2.05, 4.69) is 0 Å². The minimum Gasteiger partial charge on any atom is -0.497 e. The van der Waals surface area contributed by atoms with Crippen LogP contribution in [0.5, 0.6) is 5.75 Å². The summed E-state index contributed by atoms with van der Waals surface area (Å²) in [4.78, 5) is 0. The van der Waals surface area contributed by atoms with Crippen LogP contribution in [-0.4, -0.2) is 7.11 Å². The van der Waals surface area contributed by atoms with E-state index in [0.29, 0.717) is 10.6 Å². The molecule has 0 aliphatic carbocycles. The highest BCUT2D eigenvalue weighted by molar-refractivity contribution is 6.30. The van der Waals surface area contributed by atoms with Crippen molar-refractivity contribution >= 4 is 23.3 Å². The van der Waals surface area contributed by atoms with E-state index in [9.17, 15) is 8.78 Å². The summed E-state index contributed by atoms with van der Waals surface area (Å²) in [5.74, 6) is -1.65. The normalized spacial score (nSPS) is 11.1. The van der Waals surface area contributed by atoms with Gasteiger partial charge in [-0.25, -0.2) is 8.78 Å². The van der Waals surface area contributed by atoms with E-state index < -0.39 is 11.6 Å². The van der Waals surface area contributed by atoms with Gasteiger partial charge in [-0.3, -0.25) is 0 Å². The van der Waals surface area contributed by atoms with Crippen LogP contribution >= 0.6 is 11.6 Å². The molecule has 0 aromatic heterocycles. The van der Waals surface area contributed by atoms with Gasteiger partial charge in [0.1, 0.15) is 17.4 Å². The van der Waals surface area contributed by atoms with Crippen LogP contribution in [0, 0.1) is 23.0 Å². The van der Waals surface area contributed by atoms with Gasteiger partial charge in [0.25, 0.3) is 0 Å². The molecule has 0 radical (unpaired) electrons. The number of allylic oxidation sites excluding steroid dienone is 1. The molecule has 0 spiro atoms. The lowest BCUT2D eigenvalue weighted by molar-refractivity contribution is 0.406. The number of benzene rings is 2. The van der Waals surface area contributed by atoms with Crippen molar-refractivity contribution in [3.63, 3.8) is 0 Å². The van der Waals surface area contributed by atoms with Gasteiger partial charge < -0.3 is 4.74 Å². The number of ether oxygens (including phenoxy) is 1. The van der Waals surface area contributed by atoms with E-state index in [1.807, 2.05) is 6.07 Å². The van der Waals surface area contributed by atoms with Crippen molar-refractivity contribution in [3.05, 3.63) is 64.2 Å². The number of hydrogen-bond donors (Lipinski definition) is 0. The van der Waals surface area contributed by atoms with E-state index >= 15 is 0 Å². The molecule has 0 amide bonds. The molecule has 2 aromatic carbocycles. The average Bonchev–Trinajstić information content (AvgIpc) is 2.47. The molecule has 2 nitrogen and oxygen atoms in total. The lowest BCUT2D eigenvalue weighted by Crippen LogP contribution is -1.96. The van der Waals surface area contributed by atoms with Crippen molar-refractivity contribution in [1.82, 2.24) is 0 Å². The maximum Gasteiger partial charge on any atom is 0.138 e. The van der Waals surface area contributed by atoms with Gasteiger partial charge in [-0.15, -0.1) is 0 Å². The van der Waals surface area contributed by atoms with Crippen LogP contribution in [0.4, 0.5) is 8.78 Å². The predicted molar refractivity (Wildman–Crippen MR) is 77.8 cm³/mol. The Morgan fingerprint density at radius 3 is 2.24 bits per heavy atom. The molecule has 21 heavy (non-hydrogen) atoms. The molecule has 0 fully saturated rings. The third-order valence-corrected chi connectivity index (χ3v) is 3.07. The van der Waals surface area contributed by atoms with Crippen molar-refractivity contribution in [2.45, 2.75) is 0 Å². The molecule has 2 rings (SSSR count). The Hall–Kier alpha value is -2.38. The summed E-state index contributed by atoms with van der Waals surface area (Å²) in [6.45, 7) is 0. The number of hydrogen-bond acceptors (Lipinski definition) is 2.